The van der Waals surface area contributed by atoms with Crippen LogP contribution in [0, 0.1) is 0 Å². The molecule has 5 rings (SSSR count). The summed E-state index contributed by atoms with van der Waals surface area (Å²) in [6.45, 7) is 5.42. The number of carbonyl (C=O) groups is 2. The summed E-state index contributed by atoms with van der Waals surface area (Å²) in [5.41, 5.74) is 5.79. The topological polar surface area (TPSA) is 109 Å². The van der Waals surface area contributed by atoms with E-state index in [4.69, 9.17) is 9.47 Å². The van der Waals surface area contributed by atoms with E-state index < -0.39 is 12.2 Å². The molecule has 2 aromatic heterocycles. The summed E-state index contributed by atoms with van der Waals surface area (Å²) in [7, 11) is 0. The van der Waals surface area contributed by atoms with Gasteiger partial charge in [0.2, 0.25) is 0 Å². The lowest BCUT2D eigenvalue weighted by molar-refractivity contribution is 0.130. The zero-order valence-electron chi connectivity index (χ0n) is 25.3. The van der Waals surface area contributed by atoms with Gasteiger partial charge in [0.1, 0.15) is 13.2 Å². The molecule has 0 saturated carbocycles. The van der Waals surface area contributed by atoms with Crippen LogP contribution in [0.5, 0.6) is 0 Å². The molecule has 2 atom stereocenters. The molecule has 1 aliphatic rings. The molecule has 0 spiro atoms. The minimum atomic E-state index is -0.419. The zero-order chi connectivity index (χ0) is 31.1. The molecular weight excluding hydrogens is 609 g/mol. The van der Waals surface area contributed by atoms with E-state index in [1.54, 1.807) is 23.4 Å². The smallest absolute Gasteiger partial charge is 0.407 e. The first-order valence-corrected chi connectivity index (χ1v) is 17.0. The number of ether oxygens (including phenoxy) is 2. The Morgan fingerprint density at radius 1 is 0.689 bits per heavy atom. The summed E-state index contributed by atoms with van der Waals surface area (Å²) >= 11 is 2.93. The van der Waals surface area contributed by atoms with Crippen molar-refractivity contribution in [2.45, 2.75) is 44.6 Å². The standard InChI is InChI=1S/C33H40N6O4S2/c40-32(42-22-30-18-34-24-44-30)36-28(16-26-8-3-1-4-9-26)20-38-12-7-13-39(15-14-38)21-29(17-27-10-5-2-6-11-27)37-33(41)43-23-31-19-35-25-45-31/h1-6,8-11,18-19,24-25,28-29H,7,12-17,20-23H2,(H,36,40)(H,37,41). The molecule has 0 bridgehead atoms. The molecule has 0 radical (unpaired) electrons. The van der Waals surface area contributed by atoms with Crippen molar-refractivity contribution in [3.63, 3.8) is 0 Å². The highest BCUT2D eigenvalue weighted by molar-refractivity contribution is 7.09. The Balaban J connectivity index is 1.15. The Kier molecular flexibility index (Phi) is 12.7. The number of benzene rings is 2. The van der Waals surface area contributed by atoms with Gasteiger partial charge in [-0.15, -0.1) is 22.7 Å². The molecule has 2 N–H and O–H groups in total. The van der Waals surface area contributed by atoms with E-state index in [1.165, 1.54) is 33.8 Å². The molecule has 3 heterocycles. The number of rotatable bonds is 14. The van der Waals surface area contributed by atoms with Crippen molar-refractivity contribution in [2.24, 2.45) is 0 Å². The van der Waals surface area contributed by atoms with Gasteiger partial charge in [0.15, 0.2) is 0 Å². The minimum absolute atomic E-state index is 0.103. The fourth-order valence-corrected chi connectivity index (χ4v) is 6.46. The highest BCUT2D eigenvalue weighted by atomic mass is 32.1. The van der Waals surface area contributed by atoms with Crippen LogP contribution in [0.25, 0.3) is 0 Å². The third-order valence-corrected chi connectivity index (χ3v) is 9.10. The molecule has 1 aliphatic heterocycles. The van der Waals surface area contributed by atoms with Crippen LogP contribution in [0.2, 0.25) is 0 Å². The number of amides is 2. The first-order chi connectivity index (χ1) is 22.1. The molecule has 2 amide bonds. The number of nitrogens with zero attached hydrogens (tertiary/aromatic N) is 4. The van der Waals surface area contributed by atoms with Crippen LogP contribution < -0.4 is 10.6 Å². The summed E-state index contributed by atoms with van der Waals surface area (Å²) in [5, 5.41) is 6.23. The Labute approximate surface area is 272 Å². The van der Waals surface area contributed by atoms with Crippen LogP contribution in [0.3, 0.4) is 0 Å². The van der Waals surface area contributed by atoms with Crippen molar-refractivity contribution in [3.8, 4) is 0 Å². The van der Waals surface area contributed by atoms with Crippen molar-refractivity contribution in [3.05, 3.63) is 105 Å². The van der Waals surface area contributed by atoms with Crippen molar-refractivity contribution in [1.29, 1.82) is 0 Å². The Hall–Kier alpha value is -3.84. The molecule has 2 aromatic carbocycles. The third-order valence-electron chi connectivity index (χ3n) is 7.59. The number of alkyl carbamates (subject to hydrolysis) is 2. The number of carbonyl (C=O) groups excluding carboxylic acids is 2. The van der Waals surface area contributed by atoms with Crippen LogP contribution in [0.15, 0.2) is 84.1 Å². The van der Waals surface area contributed by atoms with Gasteiger partial charge in [-0.05, 0) is 43.5 Å². The number of aromatic nitrogens is 2. The van der Waals surface area contributed by atoms with Gasteiger partial charge in [-0.3, -0.25) is 19.8 Å². The lowest BCUT2D eigenvalue weighted by Gasteiger charge is -2.28. The van der Waals surface area contributed by atoms with Gasteiger partial charge < -0.3 is 20.1 Å². The van der Waals surface area contributed by atoms with Gasteiger partial charge in [0.25, 0.3) is 0 Å². The predicted molar refractivity (Wildman–Crippen MR) is 176 cm³/mol. The number of nitrogens with one attached hydrogen (secondary N) is 2. The normalized spacial score (nSPS) is 15.5. The maximum Gasteiger partial charge on any atom is 0.407 e. The molecule has 1 saturated heterocycles. The Bertz CT molecular complexity index is 1300. The third kappa shape index (κ3) is 11.5. The lowest BCUT2D eigenvalue weighted by Crippen LogP contribution is -2.47. The monoisotopic (exact) mass is 648 g/mol. The summed E-state index contributed by atoms with van der Waals surface area (Å²) in [6, 6.07) is 20.2. The second-order valence-corrected chi connectivity index (χ2v) is 13.0. The molecule has 4 aromatic rings. The second kappa shape index (κ2) is 17.6. The summed E-state index contributed by atoms with van der Waals surface area (Å²) in [5.74, 6) is 0. The quantitative estimate of drug-likeness (QED) is 0.197. The average Bonchev–Trinajstić information content (AvgIpc) is 3.73. The maximum absolute atomic E-state index is 12.8. The van der Waals surface area contributed by atoms with E-state index in [9.17, 15) is 9.59 Å². The molecular formula is C33H40N6O4S2. The van der Waals surface area contributed by atoms with Crippen molar-refractivity contribution < 1.29 is 19.1 Å². The summed E-state index contributed by atoms with van der Waals surface area (Å²) in [6.07, 6.45) is 5.01. The molecule has 238 valence electrons. The highest BCUT2D eigenvalue weighted by Crippen LogP contribution is 2.13. The Morgan fingerprint density at radius 2 is 1.13 bits per heavy atom. The molecule has 1 fully saturated rings. The number of thiazole rings is 2. The Morgan fingerprint density at radius 3 is 1.53 bits per heavy atom. The van der Waals surface area contributed by atoms with E-state index in [0.717, 1.165) is 42.4 Å². The second-order valence-electron chi connectivity index (χ2n) is 11.1. The molecule has 2 unspecified atom stereocenters. The SMILES string of the molecule is O=C(NC(Cc1ccccc1)CN1CCCN(CC(Cc2ccccc2)NC(=O)OCc2cncs2)CC1)OCc1cncs1. The lowest BCUT2D eigenvalue weighted by atomic mass is 10.1. The molecule has 10 nitrogen and oxygen atoms in total. The maximum atomic E-state index is 12.8. The summed E-state index contributed by atoms with van der Waals surface area (Å²) in [4.78, 5) is 40.2. The molecule has 45 heavy (non-hydrogen) atoms. The van der Waals surface area contributed by atoms with E-state index in [2.05, 4.69) is 54.7 Å². The van der Waals surface area contributed by atoms with Gasteiger partial charge in [-0.2, -0.15) is 0 Å². The van der Waals surface area contributed by atoms with Crippen molar-refractivity contribution in [2.75, 3.05) is 39.3 Å². The average molecular weight is 649 g/mol. The van der Waals surface area contributed by atoms with Crippen LogP contribution in [0.4, 0.5) is 9.59 Å². The van der Waals surface area contributed by atoms with Crippen LogP contribution in [0.1, 0.15) is 27.3 Å². The largest absolute Gasteiger partial charge is 0.444 e. The van der Waals surface area contributed by atoms with Gasteiger partial charge in [0.05, 0.1) is 20.8 Å². The van der Waals surface area contributed by atoms with Gasteiger partial charge in [-0.25, -0.2) is 9.59 Å². The number of hydrogen-bond acceptors (Lipinski definition) is 10. The number of hydrogen-bond donors (Lipinski definition) is 2. The van der Waals surface area contributed by atoms with E-state index in [1.807, 2.05) is 36.4 Å². The van der Waals surface area contributed by atoms with Gasteiger partial charge >= 0.3 is 12.2 Å². The highest BCUT2D eigenvalue weighted by Gasteiger charge is 2.24. The molecule has 0 aliphatic carbocycles. The molecule has 12 heteroatoms. The zero-order valence-corrected chi connectivity index (χ0v) is 26.9. The van der Waals surface area contributed by atoms with Gasteiger partial charge in [0, 0.05) is 50.7 Å². The minimum Gasteiger partial charge on any atom is -0.444 e. The predicted octanol–water partition coefficient (Wildman–Crippen LogP) is 4.98. The van der Waals surface area contributed by atoms with Crippen molar-refractivity contribution >= 4 is 34.9 Å². The van der Waals surface area contributed by atoms with E-state index in [-0.39, 0.29) is 25.3 Å². The first kappa shape index (κ1) is 32.6. The van der Waals surface area contributed by atoms with Crippen LogP contribution in [-0.2, 0) is 35.5 Å². The fourth-order valence-electron chi connectivity index (χ4n) is 5.45. The fraction of sp³-hybridized carbons (Fsp3) is 0.394. The van der Waals surface area contributed by atoms with Gasteiger partial charge in [-0.1, -0.05) is 60.7 Å². The van der Waals surface area contributed by atoms with E-state index >= 15 is 0 Å². The van der Waals surface area contributed by atoms with Crippen LogP contribution in [-0.4, -0.2) is 83.3 Å². The first-order valence-electron chi connectivity index (χ1n) is 15.2. The van der Waals surface area contributed by atoms with Crippen LogP contribution >= 0.6 is 22.7 Å². The summed E-state index contributed by atoms with van der Waals surface area (Å²) < 4.78 is 11.0. The van der Waals surface area contributed by atoms with E-state index in [0.29, 0.717) is 25.9 Å². The van der Waals surface area contributed by atoms with Crippen molar-refractivity contribution in [1.82, 2.24) is 30.4 Å².